The molecule has 1 N–H and O–H groups in total. The Bertz CT molecular complexity index is 1370. The second-order valence-corrected chi connectivity index (χ2v) is 9.34. The summed E-state index contributed by atoms with van der Waals surface area (Å²) in [6.07, 6.45) is 1.51. The first kappa shape index (κ1) is 23.2. The van der Waals surface area contributed by atoms with E-state index in [1.807, 2.05) is 24.3 Å². The maximum absolute atomic E-state index is 12.7. The van der Waals surface area contributed by atoms with Gasteiger partial charge in [0.15, 0.2) is 0 Å². The molecule has 0 fully saturated rings. The molecule has 0 bridgehead atoms. The van der Waals surface area contributed by atoms with Crippen LogP contribution in [0, 0.1) is 3.57 Å². The van der Waals surface area contributed by atoms with Gasteiger partial charge in [-0.25, -0.2) is 10.2 Å². The van der Waals surface area contributed by atoms with Crippen molar-refractivity contribution in [2.24, 2.45) is 5.10 Å². The molecule has 33 heavy (non-hydrogen) atoms. The Kier molecular flexibility index (Phi) is 7.26. The van der Waals surface area contributed by atoms with E-state index < -0.39 is 5.97 Å². The van der Waals surface area contributed by atoms with Gasteiger partial charge in [0, 0.05) is 13.7 Å². The van der Waals surface area contributed by atoms with Crippen molar-refractivity contribution in [3.8, 4) is 11.5 Å². The Morgan fingerprint density at radius 3 is 2.52 bits per heavy atom. The van der Waals surface area contributed by atoms with E-state index in [1.54, 1.807) is 49.6 Å². The van der Waals surface area contributed by atoms with Crippen molar-refractivity contribution in [1.82, 2.24) is 5.43 Å². The standard InChI is InChI=1S/C24H16ClIN2O4S/c1-31-16-10-11-18-20(12-16)33-22(21(18)25)24(30)32-15-8-6-14(7-9-15)13-27-28-23(29)17-4-2-3-5-19(17)26/h2-13H,1H3,(H,28,29). The first-order valence-electron chi connectivity index (χ1n) is 9.62. The number of ether oxygens (including phenoxy) is 2. The molecule has 0 unspecified atom stereocenters. The molecule has 0 saturated carbocycles. The molecule has 1 amide bonds. The van der Waals surface area contributed by atoms with E-state index in [0.29, 0.717) is 27.0 Å². The number of carbonyl (C=O) groups excluding carboxylic acids is 2. The predicted molar refractivity (Wildman–Crippen MR) is 139 cm³/mol. The number of amides is 1. The highest BCUT2D eigenvalue weighted by atomic mass is 127. The van der Waals surface area contributed by atoms with Crippen LogP contribution in [0.4, 0.5) is 0 Å². The largest absolute Gasteiger partial charge is 0.497 e. The van der Waals surface area contributed by atoms with Crippen LogP contribution in [0.5, 0.6) is 11.5 Å². The maximum atomic E-state index is 12.7. The molecule has 0 aliphatic rings. The summed E-state index contributed by atoms with van der Waals surface area (Å²) in [4.78, 5) is 25.2. The van der Waals surface area contributed by atoms with Crippen LogP contribution in [0.1, 0.15) is 25.6 Å². The fourth-order valence-corrected chi connectivity index (χ4v) is 5.00. The average Bonchev–Trinajstić information content (AvgIpc) is 3.16. The minimum Gasteiger partial charge on any atom is -0.497 e. The fraction of sp³-hybridized carbons (Fsp3) is 0.0417. The molecule has 9 heteroatoms. The summed E-state index contributed by atoms with van der Waals surface area (Å²) < 4.78 is 12.4. The van der Waals surface area contributed by atoms with E-state index >= 15 is 0 Å². The van der Waals surface area contributed by atoms with Crippen LogP contribution in [-0.4, -0.2) is 25.2 Å². The summed E-state index contributed by atoms with van der Waals surface area (Å²) in [5, 5.41) is 5.11. The molecule has 1 heterocycles. The molecule has 4 aromatic rings. The Morgan fingerprint density at radius 1 is 1.06 bits per heavy atom. The van der Waals surface area contributed by atoms with Crippen molar-refractivity contribution in [2.75, 3.05) is 7.11 Å². The lowest BCUT2D eigenvalue weighted by atomic mass is 10.2. The normalized spacial score (nSPS) is 11.0. The van der Waals surface area contributed by atoms with Crippen molar-refractivity contribution >= 4 is 73.7 Å². The van der Waals surface area contributed by atoms with Gasteiger partial charge in [-0.2, -0.15) is 5.10 Å². The van der Waals surface area contributed by atoms with Crippen molar-refractivity contribution in [1.29, 1.82) is 0 Å². The Balaban J connectivity index is 1.40. The second kappa shape index (κ2) is 10.3. The molecule has 0 saturated heterocycles. The van der Waals surface area contributed by atoms with Gasteiger partial charge >= 0.3 is 5.97 Å². The van der Waals surface area contributed by atoms with Gasteiger partial charge in [-0.05, 0) is 82.8 Å². The summed E-state index contributed by atoms with van der Waals surface area (Å²) >= 11 is 9.74. The predicted octanol–water partition coefficient (Wildman–Crippen LogP) is 6.15. The molecule has 0 aliphatic heterocycles. The SMILES string of the molecule is COc1ccc2c(Cl)c(C(=O)Oc3ccc(C=NNC(=O)c4ccccc4I)cc3)sc2c1. The summed E-state index contributed by atoms with van der Waals surface area (Å²) in [6.45, 7) is 0. The molecular formula is C24H16ClIN2O4S. The lowest BCUT2D eigenvalue weighted by molar-refractivity contribution is 0.0739. The number of fused-ring (bicyclic) bond motifs is 1. The maximum Gasteiger partial charge on any atom is 0.355 e. The third-order valence-electron chi connectivity index (χ3n) is 4.61. The molecule has 0 spiro atoms. The number of thiophene rings is 1. The molecule has 166 valence electrons. The third kappa shape index (κ3) is 5.35. The number of carbonyl (C=O) groups is 2. The van der Waals surface area contributed by atoms with Gasteiger partial charge in [-0.1, -0.05) is 23.7 Å². The van der Waals surface area contributed by atoms with Gasteiger partial charge < -0.3 is 9.47 Å². The van der Waals surface area contributed by atoms with Crippen LogP contribution in [0.15, 0.2) is 71.8 Å². The number of nitrogens with one attached hydrogen (secondary N) is 1. The fourth-order valence-electron chi connectivity index (χ4n) is 2.95. The number of benzene rings is 3. The number of hydrogen-bond acceptors (Lipinski definition) is 6. The van der Waals surface area contributed by atoms with Crippen LogP contribution in [0.3, 0.4) is 0 Å². The lowest BCUT2D eigenvalue weighted by Gasteiger charge is -2.04. The van der Waals surface area contributed by atoms with E-state index in [4.69, 9.17) is 21.1 Å². The van der Waals surface area contributed by atoms with Gasteiger partial charge in [0.2, 0.25) is 0 Å². The second-order valence-electron chi connectivity index (χ2n) is 6.74. The van der Waals surface area contributed by atoms with Crippen molar-refractivity contribution < 1.29 is 19.1 Å². The van der Waals surface area contributed by atoms with Crippen LogP contribution in [0.25, 0.3) is 10.1 Å². The molecule has 0 atom stereocenters. The molecular weight excluding hydrogens is 575 g/mol. The van der Waals surface area contributed by atoms with Gasteiger partial charge in [-0.15, -0.1) is 11.3 Å². The summed E-state index contributed by atoms with van der Waals surface area (Å²) in [6, 6.07) is 19.4. The zero-order valence-corrected chi connectivity index (χ0v) is 20.9. The van der Waals surface area contributed by atoms with E-state index in [0.717, 1.165) is 19.2 Å². The van der Waals surface area contributed by atoms with Gasteiger partial charge in [0.25, 0.3) is 5.91 Å². The molecule has 6 nitrogen and oxygen atoms in total. The van der Waals surface area contributed by atoms with E-state index in [9.17, 15) is 9.59 Å². The minimum absolute atomic E-state index is 0.292. The summed E-state index contributed by atoms with van der Waals surface area (Å²) in [5.41, 5.74) is 3.78. The number of rotatable bonds is 6. The Hall–Kier alpha value is -2.95. The smallest absolute Gasteiger partial charge is 0.355 e. The average molecular weight is 591 g/mol. The van der Waals surface area contributed by atoms with E-state index in [1.165, 1.54) is 17.6 Å². The Labute approximate surface area is 212 Å². The number of halogens is 2. The summed E-state index contributed by atoms with van der Waals surface area (Å²) in [7, 11) is 1.58. The van der Waals surface area contributed by atoms with Crippen LogP contribution in [-0.2, 0) is 0 Å². The molecule has 4 rings (SSSR count). The van der Waals surface area contributed by atoms with E-state index in [2.05, 4.69) is 33.1 Å². The number of hydrazone groups is 1. The molecule has 0 radical (unpaired) electrons. The van der Waals surface area contributed by atoms with Crippen molar-refractivity contribution in [2.45, 2.75) is 0 Å². The number of hydrogen-bond donors (Lipinski definition) is 1. The van der Waals surface area contributed by atoms with Crippen LogP contribution in [0.2, 0.25) is 5.02 Å². The van der Waals surface area contributed by atoms with Crippen molar-refractivity contribution in [3.05, 3.63) is 91.3 Å². The first-order valence-corrected chi connectivity index (χ1v) is 11.9. The van der Waals surface area contributed by atoms with Crippen molar-refractivity contribution in [3.63, 3.8) is 0 Å². The highest BCUT2D eigenvalue weighted by Crippen LogP contribution is 2.37. The molecule has 1 aromatic heterocycles. The number of esters is 1. The van der Waals surface area contributed by atoms with Gasteiger partial charge in [0.05, 0.1) is 23.9 Å². The minimum atomic E-state index is -0.536. The zero-order chi connectivity index (χ0) is 23.4. The number of methoxy groups -OCH3 is 1. The highest BCUT2D eigenvalue weighted by molar-refractivity contribution is 14.1. The topological polar surface area (TPSA) is 77.0 Å². The molecule has 3 aromatic carbocycles. The van der Waals surface area contributed by atoms with Gasteiger partial charge in [0.1, 0.15) is 16.4 Å². The quantitative estimate of drug-likeness (QED) is 0.0961. The van der Waals surface area contributed by atoms with E-state index in [-0.39, 0.29) is 5.91 Å². The first-order chi connectivity index (χ1) is 16.0. The monoisotopic (exact) mass is 590 g/mol. The van der Waals surface area contributed by atoms with Crippen LogP contribution >= 0.6 is 45.5 Å². The molecule has 0 aliphatic carbocycles. The zero-order valence-electron chi connectivity index (χ0n) is 17.2. The van der Waals surface area contributed by atoms with Gasteiger partial charge in [-0.3, -0.25) is 4.79 Å². The van der Waals surface area contributed by atoms with Crippen LogP contribution < -0.4 is 14.9 Å². The Morgan fingerprint density at radius 2 is 1.79 bits per heavy atom. The highest BCUT2D eigenvalue weighted by Gasteiger charge is 2.19. The lowest BCUT2D eigenvalue weighted by Crippen LogP contribution is -2.18. The summed E-state index contributed by atoms with van der Waals surface area (Å²) in [5.74, 6) is 0.226. The third-order valence-corrected chi connectivity index (χ3v) is 7.19. The number of nitrogens with zero attached hydrogens (tertiary/aromatic N) is 1.